The van der Waals surface area contributed by atoms with Crippen LogP contribution in [-0.2, 0) is 12.0 Å². The zero-order valence-corrected chi connectivity index (χ0v) is 8.13. The summed E-state index contributed by atoms with van der Waals surface area (Å²) < 4.78 is 5.43. The summed E-state index contributed by atoms with van der Waals surface area (Å²) in [5.74, 6) is 1.02. The molecule has 0 saturated heterocycles. The highest BCUT2D eigenvalue weighted by Crippen LogP contribution is 2.29. The third-order valence-electron chi connectivity index (χ3n) is 2.43. The van der Waals surface area contributed by atoms with Crippen LogP contribution in [0.25, 0.3) is 0 Å². The quantitative estimate of drug-likeness (QED) is 0.710. The number of hydrogen-bond donors (Lipinski definition) is 1. The van der Waals surface area contributed by atoms with E-state index in [1.54, 1.807) is 0 Å². The smallest absolute Gasteiger partial charge is 0.122 e. The van der Waals surface area contributed by atoms with Crippen LogP contribution in [-0.4, -0.2) is 6.61 Å². The van der Waals surface area contributed by atoms with Gasteiger partial charge in [0.2, 0.25) is 0 Å². The SMILES string of the molecule is CC(C)(N)c1ccc2c(c1)CCO2. The van der Waals surface area contributed by atoms with Crippen molar-refractivity contribution in [2.75, 3.05) is 6.61 Å². The molecule has 0 bridgehead atoms. The molecule has 13 heavy (non-hydrogen) atoms. The Morgan fingerprint density at radius 1 is 1.38 bits per heavy atom. The number of hydrogen-bond acceptors (Lipinski definition) is 2. The first kappa shape index (κ1) is 8.57. The predicted molar refractivity (Wildman–Crippen MR) is 52.9 cm³/mol. The third kappa shape index (κ3) is 1.54. The Bertz CT molecular complexity index is 325. The fraction of sp³-hybridized carbons (Fsp3) is 0.455. The van der Waals surface area contributed by atoms with E-state index in [2.05, 4.69) is 6.07 Å². The summed E-state index contributed by atoms with van der Waals surface area (Å²) in [5.41, 5.74) is 8.22. The van der Waals surface area contributed by atoms with Crippen molar-refractivity contribution < 1.29 is 4.74 Å². The molecule has 2 N–H and O–H groups in total. The fourth-order valence-corrected chi connectivity index (χ4v) is 1.59. The first-order valence-corrected chi connectivity index (χ1v) is 4.62. The summed E-state index contributed by atoms with van der Waals surface area (Å²) >= 11 is 0. The van der Waals surface area contributed by atoms with Gasteiger partial charge in [0.1, 0.15) is 5.75 Å². The van der Waals surface area contributed by atoms with E-state index in [4.69, 9.17) is 10.5 Å². The summed E-state index contributed by atoms with van der Waals surface area (Å²) in [7, 11) is 0. The monoisotopic (exact) mass is 177 g/mol. The maximum atomic E-state index is 6.01. The molecule has 0 spiro atoms. The Labute approximate surface area is 78.7 Å². The van der Waals surface area contributed by atoms with Gasteiger partial charge in [0.15, 0.2) is 0 Å². The van der Waals surface area contributed by atoms with Gasteiger partial charge in [-0.15, -0.1) is 0 Å². The Morgan fingerprint density at radius 3 is 2.85 bits per heavy atom. The molecule has 2 rings (SSSR count). The summed E-state index contributed by atoms with van der Waals surface area (Å²) in [4.78, 5) is 0. The van der Waals surface area contributed by atoms with E-state index < -0.39 is 0 Å². The van der Waals surface area contributed by atoms with E-state index in [1.807, 2.05) is 26.0 Å². The minimum Gasteiger partial charge on any atom is -0.493 e. The van der Waals surface area contributed by atoms with Crippen molar-refractivity contribution in [2.24, 2.45) is 5.73 Å². The predicted octanol–water partition coefficient (Wildman–Crippen LogP) is 1.82. The van der Waals surface area contributed by atoms with E-state index >= 15 is 0 Å². The largest absolute Gasteiger partial charge is 0.493 e. The molecule has 0 amide bonds. The van der Waals surface area contributed by atoms with Crippen LogP contribution in [0.4, 0.5) is 0 Å². The van der Waals surface area contributed by atoms with Crippen molar-refractivity contribution in [2.45, 2.75) is 25.8 Å². The zero-order chi connectivity index (χ0) is 9.47. The Balaban J connectivity index is 2.42. The molecule has 0 aliphatic carbocycles. The Hall–Kier alpha value is -1.02. The van der Waals surface area contributed by atoms with Crippen molar-refractivity contribution in [3.05, 3.63) is 29.3 Å². The highest BCUT2D eigenvalue weighted by molar-refractivity contribution is 5.41. The van der Waals surface area contributed by atoms with Gasteiger partial charge in [-0.05, 0) is 31.0 Å². The fourth-order valence-electron chi connectivity index (χ4n) is 1.59. The standard InChI is InChI=1S/C11H15NO/c1-11(2,12)9-3-4-10-8(7-9)5-6-13-10/h3-4,7H,5-6,12H2,1-2H3. The minimum atomic E-state index is -0.252. The Morgan fingerprint density at radius 2 is 2.15 bits per heavy atom. The van der Waals surface area contributed by atoms with Gasteiger partial charge in [0, 0.05) is 12.0 Å². The lowest BCUT2D eigenvalue weighted by Gasteiger charge is -2.19. The zero-order valence-electron chi connectivity index (χ0n) is 8.13. The van der Waals surface area contributed by atoms with Gasteiger partial charge in [-0.3, -0.25) is 0 Å². The van der Waals surface area contributed by atoms with E-state index in [0.717, 1.165) is 18.8 Å². The van der Waals surface area contributed by atoms with Gasteiger partial charge in [0.05, 0.1) is 6.61 Å². The first-order chi connectivity index (χ1) is 6.07. The molecule has 70 valence electrons. The summed E-state index contributed by atoms with van der Waals surface area (Å²) in [6.45, 7) is 4.85. The lowest BCUT2D eigenvalue weighted by Crippen LogP contribution is -2.28. The average Bonchev–Trinajstić information content (AvgIpc) is 2.47. The molecule has 0 saturated carbocycles. The highest BCUT2D eigenvalue weighted by Gasteiger charge is 2.18. The third-order valence-corrected chi connectivity index (χ3v) is 2.43. The number of nitrogens with two attached hydrogens (primary N) is 1. The molecule has 2 heteroatoms. The van der Waals surface area contributed by atoms with Crippen LogP contribution < -0.4 is 10.5 Å². The molecular weight excluding hydrogens is 162 g/mol. The lowest BCUT2D eigenvalue weighted by atomic mass is 9.93. The van der Waals surface area contributed by atoms with Gasteiger partial charge < -0.3 is 10.5 Å². The molecule has 0 radical (unpaired) electrons. The van der Waals surface area contributed by atoms with Crippen molar-refractivity contribution >= 4 is 0 Å². The molecule has 0 aromatic heterocycles. The molecule has 0 fully saturated rings. The lowest BCUT2D eigenvalue weighted by molar-refractivity contribution is 0.356. The van der Waals surface area contributed by atoms with Crippen LogP contribution in [0.15, 0.2) is 18.2 Å². The van der Waals surface area contributed by atoms with Crippen LogP contribution in [0.2, 0.25) is 0 Å². The molecule has 0 unspecified atom stereocenters. The van der Waals surface area contributed by atoms with Gasteiger partial charge in [-0.25, -0.2) is 0 Å². The molecule has 0 atom stereocenters. The number of rotatable bonds is 1. The van der Waals surface area contributed by atoms with E-state index in [1.165, 1.54) is 11.1 Å². The molecule has 1 aromatic rings. The second-order valence-electron chi connectivity index (χ2n) is 4.14. The molecule has 1 aliphatic heterocycles. The van der Waals surface area contributed by atoms with Crippen molar-refractivity contribution in [3.8, 4) is 5.75 Å². The van der Waals surface area contributed by atoms with Gasteiger partial charge >= 0.3 is 0 Å². The van der Waals surface area contributed by atoms with Gasteiger partial charge in [0.25, 0.3) is 0 Å². The molecule has 1 aromatic carbocycles. The van der Waals surface area contributed by atoms with Crippen LogP contribution in [0, 0.1) is 0 Å². The van der Waals surface area contributed by atoms with Crippen LogP contribution >= 0.6 is 0 Å². The van der Waals surface area contributed by atoms with E-state index in [9.17, 15) is 0 Å². The van der Waals surface area contributed by atoms with E-state index in [0.29, 0.717) is 0 Å². The molecule has 1 heterocycles. The van der Waals surface area contributed by atoms with Gasteiger partial charge in [-0.2, -0.15) is 0 Å². The second kappa shape index (κ2) is 2.74. The molecule has 2 nitrogen and oxygen atoms in total. The number of benzene rings is 1. The second-order valence-corrected chi connectivity index (χ2v) is 4.14. The van der Waals surface area contributed by atoms with Crippen LogP contribution in [0.1, 0.15) is 25.0 Å². The van der Waals surface area contributed by atoms with Crippen molar-refractivity contribution in [1.82, 2.24) is 0 Å². The Kier molecular flexibility index (Phi) is 1.81. The highest BCUT2D eigenvalue weighted by atomic mass is 16.5. The number of fused-ring (bicyclic) bond motifs is 1. The topological polar surface area (TPSA) is 35.2 Å². The van der Waals surface area contributed by atoms with Crippen LogP contribution in [0.3, 0.4) is 0 Å². The van der Waals surface area contributed by atoms with Crippen molar-refractivity contribution in [3.63, 3.8) is 0 Å². The molecular formula is C11H15NO. The molecule has 1 aliphatic rings. The maximum absolute atomic E-state index is 6.01. The normalized spacial score (nSPS) is 15.3. The van der Waals surface area contributed by atoms with Crippen LogP contribution in [0.5, 0.6) is 5.75 Å². The summed E-state index contributed by atoms with van der Waals surface area (Å²) in [6.07, 6.45) is 1.01. The average molecular weight is 177 g/mol. The number of ether oxygens (including phenoxy) is 1. The maximum Gasteiger partial charge on any atom is 0.122 e. The van der Waals surface area contributed by atoms with Crippen molar-refractivity contribution in [1.29, 1.82) is 0 Å². The van der Waals surface area contributed by atoms with E-state index in [-0.39, 0.29) is 5.54 Å². The summed E-state index contributed by atoms with van der Waals surface area (Å²) in [6, 6.07) is 6.22. The van der Waals surface area contributed by atoms with Gasteiger partial charge in [-0.1, -0.05) is 12.1 Å². The summed E-state index contributed by atoms with van der Waals surface area (Å²) in [5, 5.41) is 0. The minimum absolute atomic E-state index is 0.252. The first-order valence-electron chi connectivity index (χ1n) is 4.62.